The molecule has 2 heterocycles. The molecule has 1 amide bonds. The minimum absolute atomic E-state index is 0.223. The summed E-state index contributed by atoms with van der Waals surface area (Å²) in [6.07, 6.45) is 3.35. The average molecular weight is 378 g/mol. The number of amides is 1. The molecule has 1 N–H and O–H groups in total. The van der Waals surface area contributed by atoms with E-state index in [1.165, 1.54) is 16.8 Å². The topological polar surface area (TPSA) is 81.8 Å². The molecular formula is C16H13Cl2N5O2. The second-order valence-corrected chi connectivity index (χ2v) is 5.90. The number of nitrogens with one attached hydrogen (secondary N) is 1. The molecule has 0 saturated heterocycles. The summed E-state index contributed by atoms with van der Waals surface area (Å²) in [5.41, 5.74) is 0.125. The molecule has 128 valence electrons. The van der Waals surface area contributed by atoms with E-state index in [0.717, 1.165) is 0 Å². The van der Waals surface area contributed by atoms with Crippen LogP contribution in [0, 0.1) is 0 Å². The Labute approximate surface area is 152 Å². The molecule has 0 aliphatic carbocycles. The fourth-order valence-corrected chi connectivity index (χ4v) is 2.44. The van der Waals surface area contributed by atoms with Gasteiger partial charge in [-0.2, -0.15) is 5.10 Å². The number of carbonyl (C=O) groups excluding carboxylic acids is 1. The van der Waals surface area contributed by atoms with Crippen LogP contribution in [-0.4, -0.2) is 32.0 Å². The van der Waals surface area contributed by atoms with Crippen molar-refractivity contribution in [1.82, 2.24) is 24.9 Å². The van der Waals surface area contributed by atoms with Gasteiger partial charge in [-0.25, -0.2) is 9.36 Å². The maximum atomic E-state index is 12.1. The van der Waals surface area contributed by atoms with Gasteiger partial charge in [0.05, 0.1) is 16.6 Å². The third-order valence-corrected chi connectivity index (χ3v) is 4.12. The van der Waals surface area contributed by atoms with Crippen molar-refractivity contribution < 1.29 is 4.79 Å². The molecule has 0 spiro atoms. The zero-order valence-corrected chi connectivity index (χ0v) is 14.4. The van der Waals surface area contributed by atoms with Crippen molar-refractivity contribution in [2.75, 3.05) is 6.54 Å². The predicted molar refractivity (Wildman–Crippen MR) is 94.4 cm³/mol. The molecule has 0 aliphatic heterocycles. The molecule has 0 aliphatic rings. The molecule has 0 bridgehead atoms. The lowest BCUT2D eigenvalue weighted by Gasteiger charge is -2.09. The summed E-state index contributed by atoms with van der Waals surface area (Å²) in [7, 11) is 0. The molecule has 9 heteroatoms. The van der Waals surface area contributed by atoms with E-state index in [1.807, 2.05) is 0 Å². The summed E-state index contributed by atoms with van der Waals surface area (Å²) in [5.74, 6) is 0.204. The van der Waals surface area contributed by atoms with Crippen molar-refractivity contribution in [2.24, 2.45) is 0 Å². The molecule has 7 nitrogen and oxygen atoms in total. The van der Waals surface area contributed by atoms with Crippen LogP contribution in [0.3, 0.4) is 0 Å². The van der Waals surface area contributed by atoms with Gasteiger partial charge >= 0.3 is 0 Å². The van der Waals surface area contributed by atoms with Gasteiger partial charge in [0.25, 0.3) is 11.5 Å². The Morgan fingerprint density at radius 3 is 2.72 bits per heavy atom. The van der Waals surface area contributed by atoms with Gasteiger partial charge in [-0.1, -0.05) is 23.2 Å². The number of carbonyl (C=O) groups is 1. The van der Waals surface area contributed by atoms with E-state index in [-0.39, 0.29) is 24.6 Å². The van der Waals surface area contributed by atoms with E-state index >= 15 is 0 Å². The minimum Gasteiger partial charge on any atom is -0.350 e. The summed E-state index contributed by atoms with van der Waals surface area (Å²) in [5, 5.41) is 11.7. The Morgan fingerprint density at radius 2 is 2.00 bits per heavy atom. The number of hydrogen-bond acceptors (Lipinski definition) is 4. The molecule has 0 fully saturated rings. The Morgan fingerprint density at radius 1 is 1.16 bits per heavy atom. The van der Waals surface area contributed by atoms with E-state index in [9.17, 15) is 9.59 Å². The maximum Gasteiger partial charge on any atom is 0.266 e. The average Bonchev–Trinajstić information content (AvgIpc) is 3.13. The summed E-state index contributed by atoms with van der Waals surface area (Å²) < 4.78 is 2.82. The Bertz CT molecular complexity index is 953. The van der Waals surface area contributed by atoms with Crippen LogP contribution in [0.4, 0.5) is 0 Å². The smallest absolute Gasteiger partial charge is 0.266 e. The standard InChI is InChI=1S/C16H13Cl2N5O2/c17-12-3-2-11(10-13(12)18)16(25)19-7-9-23-15(24)5-4-14(21-23)22-8-1-6-20-22/h1-6,8,10H,7,9H2,(H,19,25). The summed E-state index contributed by atoms with van der Waals surface area (Å²) in [6.45, 7) is 0.454. The van der Waals surface area contributed by atoms with Gasteiger partial charge in [0.1, 0.15) is 0 Å². The van der Waals surface area contributed by atoms with Gasteiger partial charge < -0.3 is 5.32 Å². The van der Waals surface area contributed by atoms with Gasteiger partial charge in [-0.15, -0.1) is 5.10 Å². The van der Waals surface area contributed by atoms with E-state index in [4.69, 9.17) is 23.2 Å². The first-order valence-corrected chi connectivity index (χ1v) is 8.11. The van der Waals surface area contributed by atoms with Crippen LogP contribution in [0.15, 0.2) is 53.6 Å². The quantitative estimate of drug-likeness (QED) is 0.738. The number of nitrogens with zero attached hydrogens (tertiary/aromatic N) is 4. The second kappa shape index (κ2) is 7.50. The predicted octanol–water partition coefficient (Wildman–Crippen LogP) is 2.17. The van der Waals surface area contributed by atoms with E-state index < -0.39 is 0 Å². The van der Waals surface area contributed by atoms with Crippen LogP contribution in [0.1, 0.15) is 10.4 Å². The zero-order chi connectivity index (χ0) is 17.8. The fourth-order valence-electron chi connectivity index (χ4n) is 2.14. The molecule has 0 saturated carbocycles. The summed E-state index contributed by atoms with van der Waals surface area (Å²) in [4.78, 5) is 24.0. The van der Waals surface area contributed by atoms with Crippen LogP contribution < -0.4 is 10.9 Å². The molecule has 2 aromatic heterocycles. The number of halogens is 2. The van der Waals surface area contributed by atoms with Crippen molar-refractivity contribution in [3.63, 3.8) is 0 Å². The molecule has 0 atom stereocenters. The third-order valence-electron chi connectivity index (χ3n) is 3.38. The van der Waals surface area contributed by atoms with Gasteiger partial charge in [-0.3, -0.25) is 9.59 Å². The van der Waals surface area contributed by atoms with Crippen molar-refractivity contribution in [2.45, 2.75) is 6.54 Å². The highest BCUT2D eigenvalue weighted by molar-refractivity contribution is 6.42. The summed E-state index contributed by atoms with van der Waals surface area (Å²) in [6, 6.07) is 9.37. The number of hydrogen-bond donors (Lipinski definition) is 1. The molecule has 0 unspecified atom stereocenters. The Hall–Kier alpha value is -2.64. The van der Waals surface area contributed by atoms with Gasteiger partial charge in [-0.05, 0) is 30.3 Å². The molecule has 3 aromatic rings. The molecule has 25 heavy (non-hydrogen) atoms. The SMILES string of the molecule is O=C(NCCn1nc(-n2cccn2)ccc1=O)c1ccc(Cl)c(Cl)c1. The molecule has 3 rings (SSSR count). The lowest BCUT2D eigenvalue weighted by molar-refractivity contribution is 0.0951. The largest absolute Gasteiger partial charge is 0.350 e. The first kappa shape index (κ1) is 17.2. The first-order chi connectivity index (χ1) is 12.0. The van der Waals surface area contributed by atoms with Gasteiger partial charge in [0.2, 0.25) is 0 Å². The zero-order valence-electron chi connectivity index (χ0n) is 12.9. The summed E-state index contributed by atoms with van der Waals surface area (Å²) >= 11 is 11.7. The van der Waals surface area contributed by atoms with Gasteiger partial charge in [0.15, 0.2) is 5.82 Å². The maximum absolute atomic E-state index is 12.1. The van der Waals surface area contributed by atoms with Crippen LogP contribution in [0.2, 0.25) is 10.0 Å². The van der Waals surface area contributed by atoms with Crippen molar-refractivity contribution in [1.29, 1.82) is 0 Å². The lowest BCUT2D eigenvalue weighted by Crippen LogP contribution is -2.32. The number of benzene rings is 1. The van der Waals surface area contributed by atoms with E-state index in [0.29, 0.717) is 21.4 Å². The fraction of sp³-hybridized carbons (Fsp3) is 0.125. The molecule has 0 radical (unpaired) electrons. The van der Waals surface area contributed by atoms with Crippen LogP contribution >= 0.6 is 23.2 Å². The highest BCUT2D eigenvalue weighted by atomic mass is 35.5. The monoisotopic (exact) mass is 377 g/mol. The molecular weight excluding hydrogens is 365 g/mol. The van der Waals surface area contributed by atoms with E-state index in [2.05, 4.69) is 15.5 Å². The number of aromatic nitrogens is 4. The van der Waals surface area contributed by atoms with Crippen LogP contribution in [0.5, 0.6) is 0 Å². The van der Waals surface area contributed by atoms with E-state index in [1.54, 1.807) is 41.3 Å². The number of rotatable bonds is 5. The first-order valence-electron chi connectivity index (χ1n) is 7.36. The van der Waals surface area contributed by atoms with Crippen molar-refractivity contribution in [3.8, 4) is 5.82 Å². The highest BCUT2D eigenvalue weighted by Gasteiger charge is 2.08. The van der Waals surface area contributed by atoms with Crippen molar-refractivity contribution in [3.05, 3.63) is 74.8 Å². The second-order valence-electron chi connectivity index (χ2n) is 5.09. The van der Waals surface area contributed by atoms with Crippen LogP contribution in [0.25, 0.3) is 5.82 Å². The highest BCUT2D eigenvalue weighted by Crippen LogP contribution is 2.22. The lowest BCUT2D eigenvalue weighted by atomic mass is 10.2. The third kappa shape index (κ3) is 4.07. The molecule has 1 aromatic carbocycles. The Kier molecular flexibility index (Phi) is 5.16. The Balaban J connectivity index is 1.65. The minimum atomic E-state index is -0.310. The normalized spacial score (nSPS) is 10.6. The van der Waals surface area contributed by atoms with Gasteiger partial charge in [0, 0.05) is 30.6 Å². The van der Waals surface area contributed by atoms with Crippen molar-refractivity contribution >= 4 is 29.1 Å². The van der Waals surface area contributed by atoms with Crippen LogP contribution in [-0.2, 0) is 6.54 Å².